The van der Waals surface area contributed by atoms with E-state index in [1.165, 1.54) is 0 Å². The van der Waals surface area contributed by atoms with Gasteiger partial charge in [-0.15, -0.1) is 0 Å². The molecule has 0 fully saturated rings. The van der Waals surface area contributed by atoms with Crippen LogP contribution in [0.1, 0.15) is 0 Å². The minimum Gasteiger partial charge on any atom is -0.434 e. The first-order valence-corrected chi connectivity index (χ1v) is 5.41. The van der Waals surface area contributed by atoms with Crippen molar-refractivity contribution >= 4 is 34.3 Å². The molecule has 0 aliphatic heterocycles. The molecule has 1 aromatic carbocycles. The van der Waals surface area contributed by atoms with E-state index in [1.807, 2.05) is 18.2 Å². The third kappa shape index (κ3) is 1.94. The molecule has 0 bridgehead atoms. The van der Waals surface area contributed by atoms with E-state index in [-0.39, 0.29) is 22.3 Å². The van der Waals surface area contributed by atoms with Gasteiger partial charge in [-0.1, -0.05) is 12.1 Å². The van der Waals surface area contributed by atoms with E-state index >= 15 is 0 Å². The van der Waals surface area contributed by atoms with Gasteiger partial charge in [0.15, 0.2) is 5.58 Å². The average molecular weight is 267 g/mol. The van der Waals surface area contributed by atoms with Gasteiger partial charge in [-0.25, -0.2) is 4.98 Å². The zero-order valence-corrected chi connectivity index (χ0v) is 9.77. The van der Waals surface area contributed by atoms with Crippen LogP contribution < -0.4 is 0 Å². The van der Waals surface area contributed by atoms with E-state index in [1.54, 1.807) is 6.07 Å². The Morgan fingerprint density at radius 1 is 0.882 bits per heavy atom. The monoisotopic (exact) mass is 266 g/mol. The fraction of sp³-hybridized carbons (Fsp3) is 0. The van der Waals surface area contributed by atoms with Crippen LogP contribution in [0.4, 0.5) is 0 Å². The van der Waals surface area contributed by atoms with Gasteiger partial charge < -0.3 is 4.42 Å². The van der Waals surface area contributed by atoms with E-state index in [9.17, 15) is 0 Å². The van der Waals surface area contributed by atoms with Crippen LogP contribution in [-0.2, 0) is 0 Å². The molecule has 0 aliphatic rings. The lowest BCUT2D eigenvalue weighted by molar-refractivity contribution is 0.612. The van der Waals surface area contributed by atoms with Crippen molar-refractivity contribution in [3.05, 3.63) is 34.8 Å². The van der Waals surface area contributed by atoms with Crippen LogP contribution >= 0.6 is 23.2 Å². The molecule has 0 unspecified atom stereocenters. The lowest BCUT2D eigenvalue weighted by Crippen LogP contribution is -1.93. The van der Waals surface area contributed by atoms with Crippen molar-refractivity contribution in [3.8, 4) is 11.7 Å². The predicted octanol–water partition coefficient (Wildman–Crippen LogP) is 2.99. The minimum atomic E-state index is 0.00209. The Hall–Kier alpha value is -1.72. The Bertz CT molecular complexity index is 644. The van der Waals surface area contributed by atoms with Crippen molar-refractivity contribution in [3.63, 3.8) is 0 Å². The topological polar surface area (TPSA) is 64.7 Å². The van der Waals surface area contributed by atoms with Crippen molar-refractivity contribution in [2.24, 2.45) is 0 Å². The zero-order chi connectivity index (χ0) is 11.8. The van der Waals surface area contributed by atoms with Crippen LogP contribution in [0.2, 0.25) is 10.6 Å². The fourth-order valence-electron chi connectivity index (χ4n) is 1.39. The number of rotatable bonds is 1. The molecule has 0 saturated carbocycles. The van der Waals surface area contributed by atoms with Gasteiger partial charge in [0, 0.05) is 0 Å². The second-order valence-electron chi connectivity index (χ2n) is 3.18. The molecule has 3 rings (SSSR count). The number of nitrogens with zero attached hydrogens (tertiary/aromatic N) is 4. The summed E-state index contributed by atoms with van der Waals surface area (Å²) in [6.07, 6.45) is 0. The Morgan fingerprint density at radius 3 is 2.29 bits per heavy atom. The van der Waals surface area contributed by atoms with Crippen LogP contribution in [0, 0.1) is 0 Å². The van der Waals surface area contributed by atoms with Crippen molar-refractivity contribution < 1.29 is 4.42 Å². The number of para-hydroxylation sites is 2. The molecule has 7 heteroatoms. The molecular formula is C10H4Cl2N4O. The summed E-state index contributed by atoms with van der Waals surface area (Å²) < 4.78 is 5.48. The highest BCUT2D eigenvalue weighted by Crippen LogP contribution is 2.22. The van der Waals surface area contributed by atoms with Crippen LogP contribution in [0.5, 0.6) is 0 Å². The molecule has 0 atom stereocenters. The van der Waals surface area contributed by atoms with E-state index in [4.69, 9.17) is 27.6 Å². The van der Waals surface area contributed by atoms with Crippen molar-refractivity contribution in [2.45, 2.75) is 0 Å². The summed E-state index contributed by atoms with van der Waals surface area (Å²) in [5.41, 5.74) is 1.37. The number of hydrogen-bond donors (Lipinski definition) is 0. The first-order valence-electron chi connectivity index (χ1n) is 4.65. The third-order valence-corrected chi connectivity index (χ3v) is 2.40. The largest absolute Gasteiger partial charge is 0.434 e. The van der Waals surface area contributed by atoms with Crippen molar-refractivity contribution in [2.75, 3.05) is 0 Å². The van der Waals surface area contributed by atoms with Gasteiger partial charge in [-0.2, -0.15) is 15.0 Å². The second kappa shape index (κ2) is 3.94. The van der Waals surface area contributed by atoms with E-state index in [0.29, 0.717) is 5.58 Å². The first-order chi connectivity index (χ1) is 8.22. The van der Waals surface area contributed by atoms with Gasteiger partial charge in [0.05, 0.1) is 0 Å². The van der Waals surface area contributed by atoms with Gasteiger partial charge in [0.2, 0.25) is 16.4 Å². The summed E-state index contributed by atoms with van der Waals surface area (Å²) in [7, 11) is 0. The summed E-state index contributed by atoms with van der Waals surface area (Å²) in [4.78, 5) is 15.7. The van der Waals surface area contributed by atoms with E-state index in [2.05, 4.69) is 19.9 Å². The van der Waals surface area contributed by atoms with Crippen LogP contribution in [0.3, 0.4) is 0 Å². The summed E-state index contributed by atoms with van der Waals surface area (Å²) in [6.45, 7) is 0. The number of aromatic nitrogens is 4. The molecule has 0 N–H and O–H groups in total. The maximum absolute atomic E-state index is 5.68. The zero-order valence-electron chi connectivity index (χ0n) is 8.26. The molecule has 2 heterocycles. The molecule has 2 aromatic heterocycles. The lowest BCUT2D eigenvalue weighted by atomic mass is 10.3. The number of fused-ring (bicyclic) bond motifs is 1. The SMILES string of the molecule is Clc1nc(Cl)nc(-c2nc3ccccc3o2)n1. The third-order valence-electron chi connectivity index (χ3n) is 2.07. The number of hydrogen-bond acceptors (Lipinski definition) is 5. The smallest absolute Gasteiger partial charge is 0.266 e. The lowest BCUT2D eigenvalue weighted by Gasteiger charge is -1.94. The minimum absolute atomic E-state index is 0.00209. The summed E-state index contributed by atoms with van der Waals surface area (Å²) in [6, 6.07) is 7.34. The number of benzene rings is 1. The van der Waals surface area contributed by atoms with Crippen LogP contribution in [0.15, 0.2) is 28.7 Å². The Labute approximate surface area is 105 Å². The van der Waals surface area contributed by atoms with Gasteiger partial charge in [-0.05, 0) is 35.3 Å². The van der Waals surface area contributed by atoms with E-state index in [0.717, 1.165) is 5.52 Å². The molecule has 0 radical (unpaired) electrons. The maximum Gasteiger partial charge on any atom is 0.266 e. The van der Waals surface area contributed by atoms with Gasteiger partial charge in [0.25, 0.3) is 5.89 Å². The molecule has 3 aromatic rings. The Balaban J connectivity index is 2.20. The van der Waals surface area contributed by atoms with Gasteiger partial charge in [0.1, 0.15) is 5.52 Å². The van der Waals surface area contributed by atoms with Crippen molar-refractivity contribution in [1.82, 2.24) is 19.9 Å². The van der Waals surface area contributed by atoms with Crippen LogP contribution in [0.25, 0.3) is 22.8 Å². The summed E-state index contributed by atoms with van der Waals surface area (Å²) >= 11 is 11.4. The molecule has 5 nitrogen and oxygen atoms in total. The number of oxazole rings is 1. The summed E-state index contributed by atoms with van der Waals surface area (Å²) in [5, 5.41) is 0.00418. The normalized spacial score (nSPS) is 10.9. The average Bonchev–Trinajstić information content (AvgIpc) is 2.71. The van der Waals surface area contributed by atoms with Gasteiger partial charge in [-0.3, -0.25) is 0 Å². The predicted molar refractivity (Wildman–Crippen MR) is 62.9 cm³/mol. The van der Waals surface area contributed by atoms with Crippen LogP contribution in [-0.4, -0.2) is 19.9 Å². The Kier molecular flexibility index (Phi) is 2.42. The molecule has 84 valence electrons. The molecule has 0 spiro atoms. The van der Waals surface area contributed by atoms with Gasteiger partial charge >= 0.3 is 0 Å². The second-order valence-corrected chi connectivity index (χ2v) is 3.86. The quantitative estimate of drug-likeness (QED) is 0.678. The highest BCUT2D eigenvalue weighted by atomic mass is 35.5. The Morgan fingerprint density at radius 2 is 1.59 bits per heavy atom. The summed E-state index contributed by atoms with van der Waals surface area (Å²) in [5.74, 6) is 0.476. The highest BCUT2D eigenvalue weighted by Gasteiger charge is 2.12. The molecule has 0 amide bonds. The fourth-order valence-corrected chi connectivity index (χ4v) is 1.75. The molecule has 0 saturated heterocycles. The highest BCUT2D eigenvalue weighted by molar-refractivity contribution is 6.31. The standard InChI is InChI=1S/C10H4Cl2N4O/c11-9-14-7(15-10(12)16-9)8-13-5-3-1-2-4-6(5)17-8/h1-4H. The van der Waals surface area contributed by atoms with E-state index < -0.39 is 0 Å². The molecule has 17 heavy (non-hydrogen) atoms. The van der Waals surface area contributed by atoms with Crippen molar-refractivity contribution in [1.29, 1.82) is 0 Å². The maximum atomic E-state index is 5.68. The first kappa shape index (κ1) is 10.4. The number of halogens is 2. The molecular weight excluding hydrogens is 263 g/mol. The molecule has 0 aliphatic carbocycles.